The second-order valence-electron chi connectivity index (χ2n) is 17.0. The minimum absolute atomic E-state index is 0.0435. The van der Waals surface area contributed by atoms with Crippen LogP contribution in [0.3, 0.4) is 0 Å². The van der Waals surface area contributed by atoms with E-state index >= 15 is 0 Å². The number of ether oxygens (including phenoxy) is 1. The molecule has 8 N–H and O–H groups in total. The first-order chi connectivity index (χ1) is 30.4. The molecule has 19 heteroatoms. The molecule has 0 bridgehead atoms. The monoisotopic (exact) mass is 894 g/mol. The van der Waals surface area contributed by atoms with Gasteiger partial charge >= 0.3 is 17.9 Å². The van der Waals surface area contributed by atoms with Crippen LogP contribution >= 0.6 is 0 Å². The van der Waals surface area contributed by atoms with Gasteiger partial charge in [-0.05, 0) is 59.9 Å². The molecule has 2 fully saturated rings. The molecule has 0 unspecified atom stereocenters. The molecule has 1 heterocycles. The van der Waals surface area contributed by atoms with Crippen LogP contribution in [0.4, 0.5) is 0 Å². The third-order valence-electron chi connectivity index (χ3n) is 11.6. The van der Waals surface area contributed by atoms with E-state index in [0.717, 1.165) is 42.5 Å². The number of nitrogens with zero attached hydrogens (tertiary/aromatic N) is 1. The highest BCUT2D eigenvalue weighted by Crippen LogP contribution is 2.29. The normalized spacial score (nSPS) is 18.8. The van der Waals surface area contributed by atoms with Crippen molar-refractivity contribution in [3.63, 3.8) is 0 Å². The molecule has 0 radical (unpaired) electrons. The van der Waals surface area contributed by atoms with Crippen molar-refractivity contribution < 1.29 is 63.2 Å². The highest BCUT2D eigenvalue weighted by Gasteiger charge is 2.45. The zero-order valence-electron chi connectivity index (χ0n) is 36.8. The van der Waals surface area contributed by atoms with Gasteiger partial charge in [-0.25, -0.2) is 4.79 Å². The van der Waals surface area contributed by atoms with Crippen LogP contribution in [0.1, 0.15) is 104 Å². The number of likely N-dealkylation sites (tertiary alicyclic amines) is 1. The minimum atomic E-state index is -1.59. The third kappa shape index (κ3) is 14.7. The molecule has 2 aromatic carbocycles. The maximum atomic E-state index is 14.7. The topological polar surface area (TPSA) is 287 Å². The zero-order chi connectivity index (χ0) is 47.1. The van der Waals surface area contributed by atoms with Gasteiger partial charge in [0.2, 0.25) is 35.4 Å². The average Bonchev–Trinajstić information content (AvgIpc) is 3.68. The number of nitrogens with one attached hydrogen (secondary N) is 5. The van der Waals surface area contributed by atoms with E-state index in [0.29, 0.717) is 19.3 Å². The lowest BCUT2D eigenvalue weighted by atomic mass is 9.83. The van der Waals surface area contributed by atoms with E-state index in [1.54, 1.807) is 20.8 Å². The molecule has 350 valence electrons. The van der Waals surface area contributed by atoms with E-state index in [1.165, 1.54) is 4.90 Å². The first-order valence-corrected chi connectivity index (χ1v) is 21.9. The van der Waals surface area contributed by atoms with Crippen molar-refractivity contribution in [2.24, 2.45) is 11.8 Å². The largest absolute Gasteiger partial charge is 0.481 e. The fourth-order valence-corrected chi connectivity index (χ4v) is 8.26. The van der Waals surface area contributed by atoms with Crippen LogP contribution in [-0.4, -0.2) is 122 Å². The number of carbonyl (C=O) groups excluding carboxylic acids is 6. The number of carboxylic acids is 3. The third-order valence-corrected chi connectivity index (χ3v) is 11.6. The van der Waals surface area contributed by atoms with Crippen molar-refractivity contribution >= 4 is 64.1 Å². The Balaban J connectivity index is 1.59. The Morgan fingerprint density at radius 2 is 1.42 bits per heavy atom. The summed E-state index contributed by atoms with van der Waals surface area (Å²) in [6.45, 7) is 6.34. The van der Waals surface area contributed by atoms with Gasteiger partial charge in [-0.2, -0.15) is 0 Å². The van der Waals surface area contributed by atoms with Crippen LogP contribution in [0, 0.1) is 11.8 Å². The van der Waals surface area contributed by atoms with Crippen molar-refractivity contribution in [1.29, 1.82) is 0 Å². The molecule has 1 saturated heterocycles. The smallest absolute Gasteiger partial charge is 0.326 e. The molecule has 0 spiro atoms. The van der Waals surface area contributed by atoms with Gasteiger partial charge in [-0.3, -0.25) is 38.4 Å². The Bertz CT molecular complexity index is 2000. The van der Waals surface area contributed by atoms with E-state index in [1.807, 2.05) is 42.5 Å². The van der Waals surface area contributed by atoms with Crippen molar-refractivity contribution in [2.75, 3.05) is 6.54 Å². The summed E-state index contributed by atoms with van der Waals surface area (Å²) in [4.78, 5) is 118. The second-order valence-corrected chi connectivity index (χ2v) is 17.0. The van der Waals surface area contributed by atoms with Crippen LogP contribution in [0.25, 0.3) is 10.8 Å². The molecule has 0 aromatic heterocycles. The van der Waals surface area contributed by atoms with Gasteiger partial charge in [0.1, 0.15) is 36.3 Å². The molecule has 1 aliphatic carbocycles. The molecular formula is C45H62N6O13. The number of fused-ring (bicyclic) bond motifs is 1. The molecule has 2 aromatic rings. The van der Waals surface area contributed by atoms with Crippen LogP contribution in [0.5, 0.6) is 0 Å². The number of amides is 6. The lowest BCUT2D eigenvalue weighted by Crippen LogP contribution is -2.61. The van der Waals surface area contributed by atoms with Gasteiger partial charge in [0.25, 0.3) is 0 Å². The van der Waals surface area contributed by atoms with Gasteiger partial charge in [-0.15, -0.1) is 0 Å². The highest BCUT2D eigenvalue weighted by molar-refractivity contribution is 5.98. The SMILES string of the molecule is CCC[C@@H](NC(=O)[C@@H]1C[C@@H](OCc2ccc3ccccc3c2)CN1C(=O)[C@@H](NC(=O)[C@@H](NC(=O)[C@@H](CCC(=O)O)NC(=O)[C@H](CC(=O)O)NC(C)=O)C1CCCCC1)C(C)C)C(=O)O. The first kappa shape index (κ1) is 50.5. The van der Waals surface area contributed by atoms with Crippen LogP contribution in [-0.2, 0) is 54.5 Å². The lowest BCUT2D eigenvalue weighted by molar-refractivity contribution is -0.145. The van der Waals surface area contributed by atoms with Crippen molar-refractivity contribution in [2.45, 2.75) is 147 Å². The minimum Gasteiger partial charge on any atom is -0.481 e. The predicted octanol–water partition coefficient (Wildman–Crippen LogP) is 2.23. The standard InChI is InChI=1S/C45H62N6O13/c1-5-11-33(45(62)63)48-42(59)35-21-31(64-24-27-16-17-28-12-9-10-15-30(28)20-27)23-51(35)44(61)38(25(2)3)49-43(60)39(29-13-7-6-8-14-29)50-40(57)32(18-19-36(53)54)47-41(58)34(22-37(55)56)46-26(4)52/h9-10,12,15-17,20,25,29,31-35,38-39H,5-8,11,13-14,18-19,21-24H2,1-4H3,(H,46,52)(H,47,58)(H,48,59)(H,49,60)(H,50,57)(H,53,54)(H,55,56)(H,62,63)/t31-,32-,33-,34+,35+,38+,39+/m1/s1. The number of aliphatic carboxylic acids is 3. The van der Waals surface area contributed by atoms with Crippen LogP contribution < -0.4 is 26.6 Å². The number of carbonyl (C=O) groups is 9. The summed E-state index contributed by atoms with van der Waals surface area (Å²) in [5, 5.41) is 43.3. The fraction of sp³-hybridized carbons (Fsp3) is 0.578. The van der Waals surface area contributed by atoms with Crippen molar-refractivity contribution in [1.82, 2.24) is 31.5 Å². The second kappa shape index (κ2) is 24.1. The predicted molar refractivity (Wildman–Crippen MR) is 231 cm³/mol. The van der Waals surface area contributed by atoms with Gasteiger partial charge in [0.15, 0.2) is 0 Å². The summed E-state index contributed by atoms with van der Waals surface area (Å²) in [6.07, 6.45) is 1.53. The summed E-state index contributed by atoms with van der Waals surface area (Å²) in [5.41, 5.74) is 0.860. The molecule has 4 rings (SSSR count). The maximum absolute atomic E-state index is 14.7. The molecule has 19 nitrogen and oxygen atoms in total. The Labute approximate surface area is 371 Å². The van der Waals surface area contributed by atoms with E-state index < -0.39 is 127 Å². The quantitative estimate of drug-likeness (QED) is 0.0796. The average molecular weight is 895 g/mol. The van der Waals surface area contributed by atoms with Gasteiger partial charge < -0.3 is 51.5 Å². The lowest BCUT2D eigenvalue weighted by Gasteiger charge is -2.35. The van der Waals surface area contributed by atoms with Crippen LogP contribution in [0.2, 0.25) is 0 Å². The first-order valence-electron chi connectivity index (χ1n) is 21.9. The maximum Gasteiger partial charge on any atom is 0.326 e. The van der Waals surface area contributed by atoms with Crippen molar-refractivity contribution in [3.05, 3.63) is 48.0 Å². The van der Waals surface area contributed by atoms with Gasteiger partial charge in [-0.1, -0.05) is 82.9 Å². The van der Waals surface area contributed by atoms with E-state index in [4.69, 9.17) is 4.74 Å². The zero-order valence-corrected chi connectivity index (χ0v) is 36.8. The number of rotatable bonds is 23. The molecule has 1 saturated carbocycles. The molecule has 6 amide bonds. The Kier molecular flexibility index (Phi) is 19.0. The fourth-order valence-electron chi connectivity index (χ4n) is 8.26. The van der Waals surface area contributed by atoms with E-state index in [9.17, 15) is 58.5 Å². The summed E-state index contributed by atoms with van der Waals surface area (Å²) >= 11 is 0. The molecule has 7 atom stereocenters. The molecule has 2 aliphatic rings. The molecule has 1 aliphatic heterocycles. The summed E-state index contributed by atoms with van der Waals surface area (Å²) in [7, 11) is 0. The van der Waals surface area contributed by atoms with Gasteiger partial charge in [0.05, 0.1) is 19.1 Å². The Morgan fingerprint density at radius 1 is 0.750 bits per heavy atom. The number of benzene rings is 2. The summed E-state index contributed by atoms with van der Waals surface area (Å²) in [5.74, 6) is -9.71. The summed E-state index contributed by atoms with van der Waals surface area (Å²) in [6, 6.07) is 5.66. The number of hydrogen-bond donors (Lipinski definition) is 8. The van der Waals surface area contributed by atoms with Crippen molar-refractivity contribution in [3.8, 4) is 0 Å². The number of hydrogen-bond acceptors (Lipinski definition) is 10. The van der Waals surface area contributed by atoms with Gasteiger partial charge in [0, 0.05) is 26.3 Å². The Morgan fingerprint density at radius 3 is 2.03 bits per heavy atom. The summed E-state index contributed by atoms with van der Waals surface area (Å²) < 4.78 is 6.28. The Hall–Kier alpha value is -6.11. The van der Waals surface area contributed by atoms with Crippen LogP contribution in [0.15, 0.2) is 42.5 Å². The van der Waals surface area contributed by atoms with E-state index in [2.05, 4.69) is 26.6 Å². The molecular weight excluding hydrogens is 833 g/mol. The van der Waals surface area contributed by atoms with E-state index in [-0.39, 0.29) is 26.0 Å². The highest BCUT2D eigenvalue weighted by atomic mass is 16.5. The molecule has 64 heavy (non-hydrogen) atoms. The number of carboxylic acid groups (broad SMARTS) is 3.